The van der Waals surface area contributed by atoms with Gasteiger partial charge in [0.25, 0.3) is 0 Å². The number of methoxy groups -OCH3 is 2. The summed E-state index contributed by atoms with van der Waals surface area (Å²) in [5.41, 5.74) is 0.614. The number of benzene rings is 1. The average Bonchev–Trinajstić information content (AvgIpc) is 2.85. The summed E-state index contributed by atoms with van der Waals surface area (Å²) in [5.74, 6) is -0.886. The zero-order valence-corrected chi connectivity index (χ0v) is 14.3. The molecule has 0 aromatic heterocycles. The van der Waals surface area contributed by atoms with Gasteiger partial charge in [0.15, 0.2) is 16.7 Å². The van der Waals surface area contributed by atoms with E-state index in [1.807, 2.05) is 0 Å². The molecular weight excluding hydrogens is 358 g/mol. The van der Waals surface area contributed by atoms with Crippen molar-refractivity contribution in [2.24, 2.45) is 10.2 Å². The maximum absolute atomic E-state index is 11.5. The number of thioether (sulfide) groups is 1. The van der Waals surface area contributed by atoms with Crippen LogP contribution in [0.1, 0.15) is 12.0 Å². The van der Waals surface area contributed by atoms with Crippen LogP contribution >= 0.6 is 23.4 Å². The van der Waals surface area contributed by atoms with Crippen LogP contribution in [0.3, 0.4) is 0 Å². The zero-order chi connectivity index (χ0) is 17.7. The van der Waals surface area contributed by atoms with Gasteiger partial charge in [0.05, 0.1) is 30.7 Å². The molecule has 1 aliphatic rings. The average molecular weight is 371 g/mol. The second-order valence-corrected chi connectivity index (χ2v) is 6.16. The highest BCUT2D eigenvalue weighted by molar-refractivity contribution is 8.15. The van der Waals surface area contributed by atoms with Gasteiger partial charge < -0.3 is 24.7 Å². The van der Waals surface area contributed by atoms with Crippen LogP contribution in [-0.2, 0) is 9.59 Å². The molecule has 1 aliphatic heterocycles. The fraction of sp³-hybridized carbons (Fsp3) is 0.286. The topological polar surface area (TPSA) is 112 Å². The molecule has 8 nitrogen and oxygen atoms in total. The first-order valence-corrected chi connectivity index (χ1v) is 7.90. The highest BCUT2D eigenvalue weighted by atomic mass is 35.5. The van der Waals surface area contributed by atoms with Gasteiger partial charge >= 0.3 is 0 Å². The van der Waals surface area contributed by atoms with Gasteiger partial charge in [-0.3, -0.25) is 4.79 Å². The van der Waals surface area contributed by atoms with Crippen molar-refractivity contribution in [2.75, 3.05) is 14.2 Å². The standard InChI is InChI=1S/C14H14ClN3O5S/c1-22-9-4-7(3-8(15)12(9)23-2)6-16-18-14-17-13(21)10(24-14)5-11(19)20/h3-4,6,10H,5H2,1-2H3,(H,19,20)(H,17,18,21)/p-1/b16-6-/t10-/m0/s1. The number of amides is 1. The van der Waals surface area contributed by atoms with Gasteiger partial charge in [0, 0.05) is 18.0 Å². The smallest absolute Gasteiger partial charge is 0.239 e. The number of carbonyl (C=O) groups is 2. The van der Waals surface area contributed by atoms with Crippen molar-refractivity contribution >= 4 is 46.6 Å². The molecule has 1 saturated heterocycles. The van der Waals surface area contributed by atoms with Gasteiger partial charge in [-0.2, -0.15) is 5.10 Å². The van der Waals surface area contributed by atoms with Crippen LogP contribution in [0, 0.1) is 0 Å². The van der Waals surface area contributed by atoms with E-state index < -0.39 is 17.1 Å². The van der Waals surface area contributed by atoms with Gasteiger partial charge in [0.1, 0.15) is 0 Å². The molecule has 0 spiro atoms. The molecule has 128 valence electrons. The number of hydrogen-bond donors (Lipinski definition) is 1. The van der Waals surface area contributed by atoms with Crippen LogP contribution in [0.2, 0.25) is 5.02 Å². The number of amidine groups is 1. The molecule has 0 unspecified atom stereocenters. The molecular formula is C14H13ClN3O5S-. The first kappa shape index (κ1) is 18.1. The molecule has 0 aliphatic carbocycles. The van der Waals surface area contributed by atoms with Crippen molar-refractivity contribution in [1.82, 2.24) is 5.32 Å². The fourth-order valence-electron chi connectivity index (χ4n) is 1.90. The summed E-state index contributed by atoms with van der Waals surface area (Å²) in [6.45, 7) is 0. The van der Waals surface area contributed by atoms with Crippen molar-refractivity contribution in [3.63, 3.8) is 0 Å². The first-order valence-electron chi connectivity index (χ1n) is 6.64. The molecule has 1 heterocycles. The highest BCUT2D eigenvalue weighted by Gasteiger charge is 2.30. The van der Waals surface area contributed by atoms with Crippen LogP contribution in [0.5, 0.6) is 11.5 Å². The zero-order valence-electron chi connectivity index (χ0n) is 12.7. The maximum Gasteiger partial charge on any atom is 0.239 e. The molecule has 1 aromatic rings. The fourth-order valence-corrected chi connectivity index (χ4v) is 3.10. The molecule has 0 radical (unpaired) electrons. The Morgan fingerprint density at radius 1 is 1.46 bits per heavy atom. The molecule has 0 bridgehead atoms. The van der Waals surface area contributed by atoms with Gasteiger partial charge in [-0.15, -0.1) is 5.10 Å². The Hall–Kier alpha value is -2.26. The lowest BCUT2D eigenvalue weighted by atomic mass is 10.2. The largest absolute Gasteiger partial charge is 0.550 e. The van der Waals surface area contributed by atoms with Gasteiger partial charge in [-0.25, -0.2) is 0 Å². The SMILES string of the molecule is COc1cc(/C=N\N=C2\NC(=O)[C@H](CC(=O)[O-])S2)cc(Cl)c1OC. The van der Waals surface area contributed by atoms with E-state index in [0.29, 0.717) is 22.1 Å². The van der Waals surface area contributed by atoms with E-state index in [1.54, 1.807) is 12.1 Å². The van der Waals surface area contributed by atoms with Gasteiger partial charge in [-0.05, 0) is 12.1 Å². The minimum Gasteiger partial charge on any atom is -0.550 e. The molecule has 1 aromatic carbocycles. The van der Waals surface area contributed by atoms with E-state index in [2.05, 4.69) is 15.5 Å². The number of rotatable bonds is 6. The summed E-state index contributed by atoms with van der Waals surface area (Å²) < 4.78 is 10.3. The van der Waals surface area contributed by atoms with Crippen LogP contribution in [0.15, 0.2) is 22.3 Å². The van der Waals surface area contributed by atoms with Gasteiger partial charge in [-0.1, -0.05) is 23.4 Å². The summed E-state index contributed by atoms with van der Waals surface area (Å²) >= 11 is 7.06. The minimum absolute atomic E-state index is 0.217. The Morgan fingerprint density at radius 3 is 2.83 bits per heavy atom. The van der Waals surface area contributed by atoms with E-state index in [0.717, 1.165) is 11.8 Å². The maximum atomic E-state index is 11.5. The van der Waals surface area contributed by atoms with Crippen molar-refractivity contribution < 1.29 is 24.2 Å². The third kappa shape index (κ3) is 4.39. The van der Waals surface area contributed by atoms with Crippen LogP contribution < -0.4 is 19.9 Å². The second-order valence-electron chi connectivity index (χ2n) is 4.56. The second kappa shape index (κ2) is 8.02. The Kier molecular flexibility index (Phi) is 6.04. The Bertz CT molecular complexity index is 723. The number of nitrogens with one attached hydrogen (secondary N) is 1. The molecule has 1 atom stereocenters. The number of carboxylic acids is 1. The van der Waals surface area contributed by atoms with E-state index in [9.17, 15) is 14.7 Å². The van der Waals surface area contributed by atoms with Crippen molar-refractivity contribution in [2.45, 2.75) is 11.7 Å². The molecule has 0 saturated carbocycles. The third-order valence-electron chi connectivity index (χ3n) is 2.94. The molecule has 2 rings (SSSR count). The summed E-state index contributed by atoms with van der Waals surface area (Å²) in [4.78, 5) is 22.1. The van der Waals surface area contributed by atoms with Crippen molar-refractivity contribution in [3.8, 4) is 11.5 Å². The highest BCUT2D eigenvalue weighted by Crippen LogP contribution is 2.35. The number of hydrogen-bond acceptors (Lipinski definition) is 8. The minimum atomic E-state index is -1.30. The molecule has 1 amide bonds. The lowest BCUT2D eigenvalue weighted by Crippen LogP contribution is -2.31. The molecule has 1 N–H and O–H groups in total. The molecule has 24 heavy (non-hydrogen) atoms. The van der Waals surface area contributed by atoms with Crippen LogP contribution in [0.4, 0.5) is 0 Å². The van der Waals surface area contributed by atoms with E-state index in [1.165, 1.54) is 20.4 Å². The third-order valence-corrected chi connectivity index (χ3v) is 4.29. The van der Waals surface area contributed by atoms with Crippen molar-refractivity contribution in [3.05, 3.63) is 22.7 Å². The first-order chi connectivity index (χ1) is 11.4. The summed E-state index contributed by atoms with van der Waals surface area (Å²) in [6, 6.07) is 3.28. The molecule has 1 fully saturated rings. The number of ether oxygens (including phenoxy) is 2. The monoisotopic (exact) mass is 370 g/mol. The van der Waals surface area contributed by atoms with E-state index in [4.69, 9.17) is 21.1 Å². The summed E-state index contributed by atoms with van der Waals surface area (Å²) in [5, 5.41) is 20.5. The number of aliphatic carboxylic acids is 1. The normalized spacial score (nSPS) is 18.9. The lowest BCUT2D eigenvalue weighted by molar-refractivity contribution is -0.305. The number of halogens is 1. The van der Waals surface area contributed by atoms with Crippen molar-refractivity contribution in [1.29, 1.82) is 0 Å². The Morgan fingerprint density at radius 2 is 2.21 bits per heavy atom. The predicted octanol–water partition coefficient (Wildman–Crippen LogP) is 0.419. The Balaban J connectivity index is 2.10. The summed E-state index contributed by atoms with van der Waals surface area (Å²) in [7, 11) is 2.96. The van der Waals surface area contributed by atoms with Gasteiger partial charge in [0.2, 0.25) is 5.91 Å². The van der Waals surface area contributed by atoms with Crippen LogP contribution in [0.25, 0.3) is 0 Å². The quantitative estimate of drug-likeness (QED) is 0.573. The number of nitrogens with zero attached hydrogens (tertiary/aromatic N) is 2. The number of carboxylic acid groups (broad SMARTS) is 1. The summed E-state index contributed by atoms with van der Waals surface area (Å²) in [6.07, 6.45) is 1.03. The lowest BCUT2D eigenvalue weighted by Gasteiger charge is -2.09. The van der Waals surface area contributed by atoms with Crippen LogP contribution in [-0.4, -0.2) is 42.7 Å². The number of carbonyl (C=O) groups excluding carboxylic acids is 2. The molecule has 10 heteroatoms. The van der Waals surface area contributed by atoms with E-state index in [-0.39, 0.29) is 11.6 Å². The van der Waals surface area contributed by atoms with E-state index >= 15 is 0 Å². The Labute approximate surface area is 146 Å². The predicted molar refractivity (Wildman–Crippen MR) is 88.7 cm³/mol.